The zero-order valence-corrected chi connectivity index (χ0v) is 11.5. The lowest BCUT2D eigenvalue weighted by Crippen LogP contribution is -2.58. The first-order valence-corrected chi connectivity index (χ1v) is 7.30. The molecule has 1 saturated carbocycles. The molecule has 1 aliphatic heterocycles. The molecule has 2 N–H and O–H groups in total. The van der Waals surface area contributed by atoms with Gasteiger partial charge in [-0.1, -0.05) is 20.3 Å². The Morgan fingerprint density at radius 2 is 2.18 bits per heavy atom. The van der Waals surface area contributed by atoms with Crippen LogP contribution in [0.2, 0.25) is 0 Å². The van der Waals surface area contributed by atoms with E-state index in [4.69, 9.17) is 10.5 Å². The van der Waals surface area contributed by atoms with Gasteiger partial charge in [0.2, 0.25) is 0 Å². The molecule has 100 valence electrons. The van der Waals surface area contributed by atoms with Crippen LogP contribution in [0.5, 0.6) is 0 Å². The van der Waals surface area contributed by atoms with Gasteiger partial charge in [-0.3, -0.25) is 4.90 Å². The Balaban J connectivity index is 2.02. The molecule has 0 bridgehead atoms. The fourth-order valence-electron chi connectivity index (χ4n) is 3.56. The van der Waals surface area contributed by atoms with E-state index in [1.165, 1.54) is 25.7 Å². The summed E-state index contributed by atoms with van der Waals surface area (Å²) < 4.78 is 5.78. The first-order valence-electron chi connectivity index (χ1n) is 7.30. The molecule has 2 aliphatic rings. The SMILES string of the molecule is CCC1CCC(CN)(N2CCOC(CC)C2)C1. The number of hydrogen-bond donors (Lipinski definition) is 1. The summed E-state index contributed by atoms with van der Waals surface area (Å²) in [5, 5.41) is 0. The number of hydrogen-bond acceptors (Lipinski definition) is 3. The Morgan fingerprint density at radius 3 is 2.76 bits per heavy atom. The van der Waals surface area contributed by atoms with Gasteiger partial charge in [-0.05, 0) is 31.6 Å². The summed E-state index contributed by atoms with van der Waals surface area (Å²) >= 11 is 0. The first-order chi connectivity index (χ1) is 8.24. The summed E-state index contributed by atoms with van der Waals surface area (Å²) in [6.07, 6.45) is 6.81. The van der Waals surface area contributed by atoms with Gasteiger partial charge in [0, 0.05) is 25.2 Å². The maximum Gasteiger partial charge on any atom is 0.0700 e. The molecular weight excluding hydrogens is 212 g/mol. The number of rotatable bonds is 4. The van der Waals surface area contributed by atoms with Crippen molar-refractivity contribution in [1.82, 2.24) is 4.90 Å². The maximum atomic E-state index is 6.12. The Bertz CT molecular complexity index is 246. The molecule has 3 heteroatoms. The van der Waals surface area contributed by atoms with E-state index in [1.54, 1.807) is 0 Å². The number of ether oxygens (including phenoxy) is 1. The molecule has 1 saturated heterocycles. The van der Waals surface area contributed by atoms with E-state index in [0.29, 0.717) is 6.10 Å². The molecule has 17 heavy (non-hydrogen) atoms. The Kier molecular flexibility index (Phi) is 4.45. The average molecular weight is 240 g/mol. The predicted octanol–water partition coefficient (Wildman–Crippen LogP) is 2.00. The van der Waals surface area contributed by atoms with Crippen LogP contribution in [0.15, 0.2) is 0 Å². The highest BCUT2D eigenvalue weighted by atomic mass is 16.5. The van der Waals surface area contributed by atoms with Gasteiger partial charge >= 0.3 is 0 Å². The number of nitrogens with zero attached hydrogens (tertiary/aromatic N) is 1. The van der Waals surface area contributed by atoms with Crippen molar-refractivity contribution in [2.45, 2.75) is 57.6 Å². The lowest BCUT2D eigenvalue weighted by Gasteiger charge is -2.45. The molecule has 0 aromatic carbocycles. The minimum atomic E-state index is 0.290. The van der Waals surface area contributed by atoms with Crippen molar-refractivity contribution in [1.29, 1.82) is 0 Å². The lowest BCUT2D eigenvalue weighted by molar-refractivity contribution is -0.0686. The zero-order chi connectivity index (χ0) is 12.3. The van der Waals surface area contributed by atoms with Crippen molar-refractivity contribution in [3.8, 4) is 0 Å². The topological polar surface area (TPSA) is 38.5 Å². The summed E-state index contributed by atoms with van der Waals surface area (Å²) in [4.78, 5) is 2.64. The van der Waals surface area contributed by atoms with Crippen molar-refractivity contribution in [2.75, 3.05) is 26.2 Å². The summed E-state index contributed by atoms with van der Waals surface area (Å²) in [7, 11) is 0. The fourth-order valence-corrected chi connectivity index (χ4v) is 3.56. The standard InChI is InChI=1S/C14H28N2O/c1-3-12-5-6-14(9-12,11-15)16-7-8-17-13(4-2)10-16/h12-13H,3-11,15H2,1-2H3. The van der Waals surface area contributed by atoms with Crippen LogP contribution in [-0.4, -0.2) is 42.8 Å². The van der Waals surface area contributed by atoms with Crippen molar-refractivity contribution < 1.29 is 4.74 Å². The second kappa shape index (κ2) is 5.68. The van der Waals surface area contributed by atoms with Crippen molar-refractivity contribution >= 4 is 0 Å². The molecule has 3 nitrogen and oxygen atoms in total. The van der Waals surface area contributed by atoms with E-state index in [9.17, 15) is 0 Å². The van der Waals surface area contributed by atoms with Crippen LogP contribution in [0, 0.1) is 5.92 Å². The molecule has 0 radical (unpaired) electrons. The monoisotopic (exact) mass is 240 g/mol. The Morgan fingerprint density at radius 1 is 1.35 bits per heavy atom. The van der Waals surface area contributed by atoms with Crippen LogP contribution < -0.4 is 5.73 Å². The molecule has 1 aliphatic carbocycles. The second-order valence-corrected chi connectivity index (χ2v) is 5.79. The van der Waals surface area contributed by atoms with Crippen LogP contribution in [0.1, 0.15) is 46.0 Å². The molecular formula is C14H28N2O. The van der Waals surface area contributed by atoms with E-state index in [2.05, 4.69) is 18.7 Å². The van der Waals surface area contributed by atoms with Gasteiger partial charge in [0.05, 0.1) is 12.7 Å². The van der Waals surface area contributed by atoms with Crippen LogP contribution in [0.4, 0.5) is 0 Å². The smallest absolute Gasteiger partial charge is 0.0700 e. The third kappa shape index (κ3) is 2.67. The van der Waals surface area contributed by atoms with Crippen molar-refractivity contribution in [2.24, 2.45) is 11.7 Å². The third-order valence-corrected chi connectivity index (χ3v) is 4.91. The second-order valence-electron chi connectivity index (χ2n) is 5.79. The van der Waals surface area contributed by atoms with Crippen molar-refractivity contribution in [3.05, 3.63) is 0 Å². The molecule has 0 aromatic heterocycles. The molecule has 0 spiro atoms. The Hall–Kier alpha value is -0.120. The van der Waals surface area contributed by atoms with E-state index in [1.807, 2.05) is 0 Å². The molecule has 0 amide bonds. The molecule has 3 unspecified atom stereocenters. The molecule has 1 heterocycles. The number of nitrogens with two attached hydrogens (primary N) is 1. The molecule has 2 fully saturated rings. The van der Waals surface area contributed by atoms with Gasteiger partial charge in [0.25, 0.3) is 0 Å². The van der Waals surface area contributed by atoms with Crippen LogP contribution in [0.3, 0.4) is 0 Å². The summed E-state index contributed by atoms with van der Waals surface area (Å²) in [5.41, 5.74) is 6.41. The highest BCUT2D eigenvalue weighted by Gasteiger charge is 2.43. The van der Waals surface area contributed by atoms with Gasteiger partial charge in [0.15, 0.2) is 0 Å². The summed E-state index contributed by atoms with van der Waals surface area (Å²) in [6.45, 7) is 8.39. The Labute approximate surface area is 106 Å². The quantitative estimate of drug-likeness (QED) is 0.817. The van der Waals surface area contributed by atoms with Crippen LogP contribution in [-0.2, 0) is 4.74 Å². The van der Waals surface area contributed by atoms with Gasteiger partial charge in [-0.2, -0.15) is 0 Å². The van der Waals surface area contributed by atoms with Gasteiger partial charge in [0.1, 0.15) is 0 Å². The zero-order valence-electron chi connectivity index (χ0n) is 11.5. The minimum Gasteiger partial charge on any atom is -0.376 e. The highest BCUT2D eigenvalue weighted by Crippen LogP contribution is 2.40. The van der Waals surface area contributed by atoms with Crippen LogP contribution >= 0.6 is 0 Å². The normalized spacial score (nSPS) is 39.7. The fraction of sp³-hybridized carbons (Fsp3) is 1.00. The predicted molar refractivity (Wildman–Crippen MR) is 71.0 cm³/mol. The first kappa shape index (κ1) is 13.3. The highest BCUT2D eigenvalue weighted by molar-refractivity contribution is 5.00. The van der Waals surface area contributed by atoms with Gasteiger partial charge in [-0.15, -0.1) is 0 Å². The van der Waals surface area contributed by atoms with Gasteiger partial charge < -0.3 is 10.5 Å². The summed E-state index contributed by atoms with van der Waals surface area (Å²) in [6, 6.07) is 0. The largest absolute Gasteiger partial charge is 0.376 e. The van der Waals surface area contributed by atoms with E-state index >= 15 is 0 Å². The van der Waals surface area contributed by atoms with Crippen molar-refractivity contribution in [3.63, 3.8) is 0 Å². The number of morpholine rings is 1. The lowest BCUT2D eigenvalue weighted by atomic mass is 9.91. The van der Waals surface area contributed by atoms with Crippen LogP contribution in [0.25, 0.3) is 0 Å². The molecule has 2 rings (SSSR count). The van der Waals surface area contributed by atoms with Gasteiger partial charge in [-0.25, -0.2) is 0 Å². The maximum absolute atomic E-state index is 6.12. The van der Waals surface area contributed by atoms with E-state index in [-0.39, 0.29) is 5.54 Å². The van der Waals surface area contributed by atoms with E-state index < -0.39 is 0 Å². The molecule has 0 aromatic rings. The minimum absolute atomic E-state index is 0.290. The third-order valence-electron chi connectivity index (χ3n) is 4.91. The van der Waals surface area contributed by atoms with E-state index in [0.717, 1.165) is 38.6 Å². The summed E-state index contributed by atoms with van der Waals surface area (Å²) in [5.74, 6) is 0.890. The molecule has 3 atom stereocenters. The average Bonchev–Trinajstić information content (AvgIpc) is 2.84.